The summed E-state index contributed by atoms with van der Waals surface area (Å²) in [6.07, 6.45) is -1.04. The second kappa shape index (κ2) is 8.66. The van der Waals surface area contributed by atoms with Gasteiger partial charge in [0.25, 0.3) is 0 Å². The maximum Gasteiger partial charge on any atom is 0.512 e. The summed E-state index contributed by atoms with van der Waals surface area (Å²) in [5.74, 6) is -1.65. The third kappa shape index (κ3) is 6.13. The van der Waals surface area contributed by atoms with Crippen molar-refractivity contribution in [2.24, 2.45) is 5.41 Å². The van der Waals surface area contributed by atoms with E-state index in [1.165, 1.54) is 27.7 Å². The lowest BCUT2D eigenvalue weighted by Crippen LogP contribution is -2.47. The molecule has 27 heavy (non-hydrogen) atoms. The normalized spacial score (nSPS) is 17.6. The molecule has 0 aromatic carbocycles. The Labute approximate surface area is 155 Å². The summed E-state index contributed by atoms with van der Waals surface area (Å²) in [7, 11) is -14.7. The van der Waals surface area contributed by atoms with E-state index in [0.717, 1.165) is 7.11 Å². The molecule has 3 atom stereocenters. The molecule has 3 unspecified atom stereocenters. The highest BCUT2D eigenvalue weighted by atomic mass is 32.3. The standard InChI is InChI=1S/C11H20F6NO6PS2/c1-6-9(3,4)8(24-7(2)23-5)25-18(26(19,20)10(12,13)14)27(21,22)11(15,16)17/h7-8,25H,6H2,1-5H3. The molecule has 0 N–H and O–H groups in total. The Bertz CT molecular complexity index is 662. The van der Waals surface area contributed by atoms with E-state index in [0.29, 0.717) is 0 Å². The third-order valence-corrected chi connectivity index (χ3v) is 10.2. The van der Waals surface area contributed by atoms with Gasteiger partial charge in [0.15, 0.2) is 6.29 Å². The second-order valence-corrected chi connectivity index (χ2v) is 11.6. The van der Waals surface area contributed by atoms with Crippen molar-refractivity contribution >= 4 is 28.8 Å². The van der Waals surface area contributed by atoms with Crippen LogP contribution >= 0.6 is 8.73 Å². The minimum Gasteiger partial charge on any atom is -0.356 e. The molecular weight excluding hydrogens is 451 g/mol. The molecule has 0 aromatic rings. The average molecular weight is 471 g/mol. The molecule has 0 amide bonds. The number of rotatable bonds is 9. The van der Waals surface area contributed by atoms with E-state index >= 15 is 0 Å². The first kappa shape index (κ1) is 26.8. The maximum atomic E-state index is 12.8. The van der Waals surface area contributed by atoms with Crippen molar-refractivity contribution in [2.75, 3.05) is 7.11 Å². The van der Waals surface area contributed by atoms with Crippen LogP contribution in [0.15, 0.2) is 0 Å². The SMILES string of the molecule is CCC(C)(C)C(OC(C)OC)PN(S(=O)(=O)C(F)(F)F)S(=O)(=O)C(F)(F)F. The van der Waals surface area contributed by atoms with Crippen molar-refractivity contribution in [2.45, 2.75) is 57.3 Å². The van der Waals surface area contributed by atoms with Gasteiger partial charge in [-0.3, -0.25) is 0 Å². The van der Waals surface area contributed by atoms with E-state index in [1.54, 1.807) is 0 Å². The molecule has 0 bridgehead atoms. The molecule has 16 heteroatoms. The predicted octanol–water partition coefficient (Wildman–Crippen LogP) is 3.35. The van der Waals surface area contributed by atoms with Gasteiger partial charge in [0.05, 0.1) is 5.85 Å². The number of hydrogen-bond donors (Lipinski definition) is 0. The van der Waals surface area contributed by atoms with Crippen LogP contribution in [-0.4, -0.2) is 50.6 Å². The highest BCUT2D eigenvalue weighted by Crippen LogP contribution is 2.49. The summed E-state index contributed by atoms with van der Waals surface area (Å²) < 4.78 is 132. The Morgan fingerprint density at radius 3 is 1.59 bits per heavy atom. The second-order valence-electron chi connectivity index (χ2n) is 5.89. The molecule has 0 aromatic heterocycles. The zero-order chi connectivity index (χ0) is 22.1. The fourth-order valence-electron chi connectivity index (χ4n) is 1.37. The summed E-state index contributed by atoms with van der Waals surface area (Å²) in [4.78, 5) is 0. The fourth-order valence-corrected chi connectivity index (χ4v) is 6.59. The van der Waals surface area contributed by atoms with Gasteiger partial charge in [-0.2, -0.15) is 26.3 Å². The monoisotopic (exact) mass is 471 g/mol. The minimum atomic E-state index is -6.87. The Morgan fingerprint density at radius 2 is 1.33 bits per heavy atom. The number of methoxy groups -OCH3 is 1. The predicted molar refractivity (Wildman–Crippen MR) is 85.5 cm³/mol. The lowest BCUT2D eigenvalue weighted by Gasteiger charge is -2.37. The van der Waals surface area contributed by atoms with Crippen LogP contribution in [0.25, 0.3) is 0 Å². The summed E-state index contributed by atoms with van der Waals surface area (Å²) in [5.41, 5.74) is -13.7. The quantitative estimate of drug-likeness (QED) is 0.291. The van der Waals surface area contributed by atoms with Gasteiger partial charge in [0.2, 0.25) is 0 Å². The van der Waals surface area contributed by atoms with Crippen LogP contribution < -0.4 is 0 Å². The molecule has 0 saturated heterocycles. The van der Waals surface area contributed by atoms with Crippen LogP contribution in [0.3, 0.4) is 0 Å². The Hall–Kier alpha value is -0.210. The lowest BCUT2D eigenvalue weighted by molar-refractivity contribution is -0.145. The molecule has 0 aliphatic rings. The van der Waals surface area contributed by atoms with Gasteiger partial charge >= 0.3 is 31.1 Å². The van der Waals surface area contributed by atoms with E-state index in [2.05, 4.69) is 0 Å². The first-order valence-corrected chi connectivity index (χ1v) is 11.0. The number of alkyl halides is 6. The van der Waals surface area contributed by atoms with Gasteiger partial charge in [-0.15, -0.1) is 0 Å². The van der Waals surface area contributed by atoms with Gasteiger partial charge in [-0.25, -0.2) is 16.8 Å². The highest BCUT2D eigenvalue weighted by Gasteiger charge is 2.62. The lowest BCUT2D eigenvalue weighted by atomic mass is 9.91. The number of ether oxygens (including phenoxy) is 2. The van der Waals surface area contributed by atoms with Crippen LogP contribution in [0.1, 0.15) is 34.1 Å². The molecule has 0 spiro atoms. The number of sulfonamides is 2. The van der Waals surface area contributed by atoms with Gasteiger partial charge in [0.1, 0.15) is 0 Å². The van der Waals surface area contributed by atoms with Gasteiger partial charge in [-0.1, -0.05) is 24.3 Å². The highest BCUT2D eigenvalue weighted by molar-refractivity contribution is 8.09. The van der Waals surface area contributed by atoms with Crippen molar-refractivity contribution in [3.05, 3.63) is 0 Å². The molecule has 0 aliphatic heterocycles. The molecular formula is C11H20F6NO6PS2. The maximum absolute atomic E-state index is 12.8. The molecule has 0 heterocycles. The summed E-state index contributed by atoms with van der Waals surface area (Å²) in [6, 6.07) is 0. The van der Waals surface area contributed by atoms with Crippen molar-refractivity contribution in [1.29, 1.82) is 0 Å². The van der Waals surface area contributed by atoms with Crippen molar-refractivity contribution in [3.63, 3.8) is 0 Å². The van der Waals surface area contributed by atoms with Gasteiger partial charge in [0, 0.05) is 15.8 Å². The van der Waals surface area contributed by atoms with Crippen LogP contribution in [0.4, 0.5) is 26.3 Å². The topological polar surface area (TPSA) is 90.0 Å². The smallest absolute Gasteiger partial charge is 0.356 e. The first-order valence-electron chi connectivity index (χ1n) is 7.13. The largest absolute Gasteiger partial charge is 0.512 e. The number of halogens is 6. The zero-order valence-corrected chi connectivity index (χ0v) is 17.5. The van der Waals surface area contributed by atoms with Gasteiger partial charge < -0.3 is 9.47 Å². The molecule has 7 nitrogen and oxygen atoms in total. The first-order chi connectivity index (χ1) is 11.8. The Balaban J connectivity index is 6.46. The zero-order valence-electron chi connectivity index (χ0n) is 14.8. The molecule has 0 radical (unpaired) electrons. The van der Waals surface area contributed by atoms with E-state index in [-0.39, 0.29) is 6.42 Å². The van der Waals surface area contributed by atoms with Crippen LogP contribution in [0.5, 0.6) is 0 Å². The van der Waals surface area contributed by atoms with Gasteiger partial charge in [-0.05, 0) is 18.8 Å². The van der Waals surface area contributed by atoms with E-state index < -0.39 is 60.8 Å². The van der Waals surface area contributed by atoms with Crippen molar-refractivity contribution < 1.29 is 52.7 Å². The van der Waals surface area contributed by atoms with E-state index in [4.69, 9.17) is 9.47 Å². The molecule has 0 rings (SSSR count). The summed E-state index contributed by atoms with van der Waals surface area (Å²) >= 11 is 0. The van der Waals surface area contributed by atoms with Crippen LogP contribution in [-0.2, 0) is 29.5 Å². The summed E-state index contributed by atoms with van der Waals surface area (Å²) in [6.45, 7) is 5.50. The average Bonchev–Trinajstić information content (AvgIpc) is 2.47. The molecule has 164 valence electrons. The summed E-state index contributed by atoms with van der Waals surface area (Å²) in [5, 5.41) is 0. The van der Waals surface area contributed by atoms with Crippen molar-refractivity contribution in [1.82, 2.24) is 3.48 Å². The van der Waals surface area contributed by atoms with Crippen LogP contribution in [0, 0.1) is 5.41 Å². The molecule has 0 saturated carbocycles. The van der Waals surface area contributed by atoms with E-state index in [9.17, 15) is 43.2 Å². The Kier molecular flexibility index (Phi) is 8.59. The number of nitrogens with zero attached hydrogens (tertiary/aromatic N) is 1. The van der Waals surface area contributed by atoms with Crippen molar-refractivity contribution in [3.8, 4) is 0 Å². The van der Waals surface area contributed by atoms with Crippen LogP contribution in [0.2, 0.25) is 0 Å². The third-order valence-electron chi connectivity index (χ3n) is 3.52. The van der Waals surface area contributed by atoms with E-state index in [1.807, 2.05) is 0 Å². The number of hydrogen-bond acceptors (Lipinski definition) is 6. The minimum absolute atomic E-state index is 0.118. The molecule has 0 aliphatic carbocycles. The Morgan fingerprint density at radius 1 is 0.963 bits per heavy atom. The fraction of sp³-hybridized carbons (Fsp3) is 1.00. The molecule has 0 fully saturated rings.